The molecule has 0 aliphatic rings. The summed E-state index contributed by atoms with van der Waals surface area (Å²) in [5, 5.41) is 21.1. The van der Waals surface area contributed by atoms with Crippen LogP contribution in [0, 0.1) is 6.92 Å². The van der Waals surface area contributed by atoms with Gasteiger partial charge in [0.15, 0.2) is 0 Å². The predicted molar refractivity (Wildman–Crippen MR) is 117 cm³/mol. The molecule has 156 valence electrons. The number of nitrogens with one attached hydrogen (secondary N) is 1. The molecule has 0 fully saturated rings. The Hall–Kier alpha value is -2.45. The minimum Gasteiger partial charge on any atom is -0.492 e. The number of hydrogen-bond acceptors (Lipinski definition) is 5. The lowest BCUT2D eigenvalue weighted by molar-refractivity contribution is 0.163. The Morgan fingerprint density at radius 1 is 1.10 bits per heavy atom. The fourth-order valence-electron chi connectivity index (χ4n) is 3.10. The van der Waals surface area contributed by atoms with E-state index in [-0.39, 0.29) is 18.9 Å². The second kappa shape index (κ2) is 8.92. The van der Waals surface area contributed by atoms with Gasteiger partial charge in [-0.05, 0) is 53.9 Å². The summed E-state index contributed by atoms with van der Waals surface area (Å²) in [6.45, 7) is 4.32. The molecule has 3 rings (SSSR count). The maximum Gasteiger partial charge on any atom is 0.238 e. The van der Waals surface area contributed by atoms with E-state index in [1.807, 2.05) is 43.3 Å². The van der Waals surface area contributed by atoms with Crippen molar-refractivity contribution in [3.63, 3.8) is 0 Å². The third-order valence-corrected chi connectivity index (χ3v) is 5.84. The molecule has 0 aliphatic heterocycles. The average Bonchev–Trinajstić information content (AvgIpc) is 2.69. The molecule has 7 heteroatoms. The summed E-state index contributed by atoms with van der Waals surface area (Å²) in [6.07, 6.45) is -0.862. The topological polar surface area (TPSA) is 102 Å². The van der Waals surface area contributed by atoms with Gasteiger partial charge in [-0.1, -0.05) is 42.5 Å². The summed E-state index contributed by atoms with van der Waals surface area (Å²) in [6, 6.07) is 18.8. The molecular weight excluding hydrogens is 388 g/mol. The number of sulfonamides is 1. The van der Waals surface area contributed by atoms with Gasteiger partial charge in [0.05, 0.1) is 11.0 Å². The first-order valence-corrected chi connectivity index (χ1v) is 10.9. The van der Waals surface area contributed by atoms with Crippen LogP contribution in [0.3, 0.4) is 0 Å². The van der Waals surface area contributed by atoms with Gasteiger partial charge in [-0.25, -0.2) is 13.6 Å². The number of primary sulfonamides is 1. The van der Waals surface area contributed by atoms with Crippen molar-refractivity contribution in [3.8, 4) is 5.75 Å². The lowest BCUT2D eigenvalue weighted by Gasteiger charge is -2.19. The predicted octanol–water partition coefficient (Wildman–Crippen LogP) is 3.13. The van der Waals surface area contributed by atoms with Gasteiger partial charge in [-0.15, -0.1) is 0 Å². The Balaban J connectivity index is 0.00000320. The summed E-state index contributed by atoms with van der Waals surface area (Å²) < 4.78 is 29.2. The Morgan fingerprint density at radius 2 is 1.83 bits per heavy atom. The Labute approximate surface area is 172 Å². The minimum atomic E-state index is -3.83. The van der Waals surface area contributed by atoms with E-state index in [0.717, 1.165) is 16.5 Å². The first kappa shape index (κ1) is 21.3. The van der Waals surface area contributed by atoms with Crippen LogP contribution in [0.1, 0.15) is 25.6 Å². The maximum absolute atomic E-state index is 11.7. The first-order valence-electron chi connectivity index (χ1n) is 9.40. The van der Waals surface area contributed by atoms with Crippen molar-refractivity contribution in [2.24, 2.45) is 5.14 Å². The highest BCUT2D eigenvalue weighted by Crippen LogP contribution is 2.22. The monoisotopic (exact) mass is 416 g/mol. The average molecular weight is 417 g/mol. The Kier molecular flexibility index (Phi) is 6.54. The second-order valence-corrected chi connectivity index (χ2v) is 8.74. The van der Waals surface area contributed by atoms with Crippen LogP contribution in [0.5, 0.6) is 5.75 Å². The number of benzene rings is 3. The molecule has 6 nitrogen and oxygen atoms in total. The highest BCUT2D eigenvalue weighted by molar-refractivity contribution is 7.89. The van der Waals surface area contributed by atoms with E-state index in [1.54, 1.807) is 19.1 Å². The quantitative estimate of drug-likeness (QED) is 0.524. The first-order chi connectivity index (χ1) is 13.7. The molecule has 0 aliphatic carbocycles. The molecule has 29 heavy (non-hydrogen) atoms. The van der Waals surface area contributed by atoms with E-state index in [0.29, 0.717) is 17.7 Å². The van der Waals surface area contributed by atoms with E-state index >= 15 is 0 Å². The van der Waals surface area contributed by atoms with Gasteiger partial charge in [0.25, 0.3) is 0 Å². The van der Waals surface area contributed by atoms with Crippen LogP contribution in [0.25, 0.3) is 10.8 Å². The third-order valence-electron chi connectivity index (χ3n) is 4.78. The van der Waals surface area contributed by atoms with Crippen molar-refractivity contribution in [1.29, 1.82) is 0 Å². The molecule has 0 radical (unpaired) electrons. The molecule has 0 bridgehead atoms. The molecule has 0 heterocycles. The summed E-state index contributed by atoms with van der Waals surface area (Å²) >= 11 is 0. The summed E-state index contributed by atoms with van der Waals surface area (Å²) in [4.78, 5) is 0.0294. The number of hydrogen-bond donors (Lipinski definition) is 3. The zero-order chi connectivity index (χ0) is 21.0. The zero-order valence-electron chi connectivity index (χ0n) is 16.5. The van der Waals surface area contributed by atoms with Crippen LogP contribution >= 0.6 is 0 Å². The molecule has 0 amide bonds. The normalized spacial score (nSPS) is 13.9. The molecule has 2 atom stereocenters. The smallest absolute Gasteiger partial charge is 0.238 e. The van der Waals surface area contributed by atoms with Crippen LogP contribution in [0.15, 0.2) is 65.6 Å². The van der Waals surface area contributed by atoms with Crippen LogP contribution in [0.4, 0.5) is 0 Å². The van der Waals surface area contributed by atoms with E-state index in [1.165, 1.54) is 6.07 Å². The highest BCUT2D eigenvalue weighted by atomic mass is 32.2. The Morgan fingerprint density at radius 3 is 2.55 bits per heavy atom. The molecule has 4 N–H and O–H groups in total. The molecule has 3 aromatic rings. The number of fused-ring (bicyclic) bond motifs is 1. The van der Waals surface area contributed by atoms with Crippen molar-refractivity contribution in [2.75, 3.05) is 13.2 Å². The molecule has 3 aromatic carbocycles. The largest absolute Gasteiger partial charge is 0.492 e. The molecule has 0 aromatic heterocycles. The van der Waals surface area contributed by atoms with Crippen molar-refractivity contribution in [1.82, 2.24) is 5.32 Å². The van der Waals surface area contributed by atoms with E-state index in [4.69, 9.17) is 9.88 Å². The van der Waals surface area contributed by atoms with Crippen LogP contribution in [-0.2, 0) is 10.0 Å². The molecule has 0 saturated heterocycles. The SMILES string of the molecule is Cc1ccc(C(O)CNC(C)COc2ccc3ccccc3c2)cc1S(N)(=O)=O.[HH]. The number of rotatable bonds is 8. The van der Waals surface area contributed by atoms with E-state index < -0.39 is 16.1 Å². The summed E-state index contributed by atoms with van der Waals surface area (Å²) in [5.74, 6) is 0.786. The van der Waals surface area contributed by atoms with Gasteiger partial charge in [-0.2, -0.15) is 0 Å². The number of nitrogens with two attached hydrogens (primary N) is 1. The van der Waals surface area contributed by atoms with Gasteiger partial charge in [0, 0.05) is 14.0 Å². The van der Waals surface area contributed by atoms with Crippen LogP contribution < -0.4 is 15.2 Å². The summed E-state index contributed by atoms with van der Waals surface area (Å²) in [7, 11) is -3.83. The van der Waals surface area contributed by atoms with Crippen molar-refractivity contribution < 1.29 is 19.7 Å². The van der Waals surface area contributed by atoms with Gasteiger partial charge >= 0.3 is 0 Å². The third kappa shape index (κ3) is 5.55. The molecule has 0 spiro atoms. The fraction of sp³-hybridized carbons (Fsp3) is 0.273. The van der Waals surface area contributed by atoms with Gasteiger partial charge < -0.3 is 15.2 Å². The van der Waals surface area contributed by atoms with Gasteiger partial charge in [-0.3, -0.25) is 0 Å². The highest BCUT2D eigenvalue weighted by Gasteiger charge is 2.16. The second-order valence-electron chi connectivity index (χ2n) is 7.21. The molecule has 2 unspecified atom stereocenters. The number of aryl methyl sites for hydroxylation is 1. The minimum absolute atomic E-state index is 0. The Bertz CT molecular complexity index is 1110. The van der Waals surface area contributed by atoms with Crippen LogP contribution in [-0.4, -0.2) is 32.7 Å². The van der Waals surface area contributed by atoms with Crippen LogP contribution in [0.2, 0.25) is 0 Å². The number of ether oxygens (including phenoxy) is 1. The summed E-state index contributed by atoms with van der Waals surface area (Å²) in [5.41, 5.74) is 1.04. The van der Waals surface area contributed by atoms with E-state index in [2.05, 4.69) is 11.4 Å². The van der Waals surface area contributed by atoms with Crippen molar-refractivity contribution >= 4 is 20.8 Å². The maximum atomic E-state index is 11.7. The van der Waals surface area contributed by atoms with E-state index in [9.17, 15) is 13.5 Å². The van der Waals surface area contributed by atoms with Crippen molar-refractivity contribution in [2.45, 2.75) is 30.9 Å². The molecular formula is C22H28N2O4S. The standard InChI is InChI=1S/C22H26N2O4S.H2/c1-15-7-8-19(12-22(15)29(23,26)27)21(25)13-24-16(2)14-28-20-10-9-17-5-3-4-6-18(17)11-20;/h3-12,16,21,24-25H,13-14H2,1-2H3,(H2,23,26,27);1H. The molecule has 0 saturated carbocycles. The van der Waals surface area contributed by atoms with Crippen molar-refractivity contribution in [3.05, 3.63) is 71.8 Å². The van der Waals surface area contributed by atoms with Gasteiger partial charge in [0.2, 0.25) is 10.0 Å². The fourth-order valence-corrected chi connectivity index (χ4v) is 3.92. The van der Waals surface area contributed by atoms with Gasteiger partial charge in [0.1, 0.15) is 12.4 Å². The lowest BCUT2D eigenvalue weighted by Crippen LogP contribution is -2.35. The number of aliphatic hydroxyl groups is 1. The zero-order valence-corrected chi connectivity index (χ0v) is 17.3. The number of aliphatic hydroxyl groups excluding tert-OH is 1. The lowest BCUT2D eigenvalue weighted by atomic mass is 10.1.